The fourth-order valence-corrected chi connectivity index (χ4v) is 1.77. The van der Waals surface area contributed by atoms with E-state index in [4.69, 9.17) is 5.73 Å². The maximum Gasteiger partial charge on any atom is 0.0422 e. The van der Waals surface area contributed by atoms with E-state index in [0.717, 1.165) is 5.69 Å². The average Bonchev–Trinajstić information content (AvgIpc) is 2.28. The summed E-state index contributed by atoms with van der Waals surface area (Å²) in [7, 11) is 0. The molecule has 0 amide bonds. The van der Waals surface area contributed by atoms with Gasteiger partial charge in [0.05, 0.1) is 0 Å². The Morgan fingerprint density at radius 2 is 1.71 bits per heavy atom. The zero-order chi connectivity index (χ0) is 12.5. The zero-order valence-electron chi connectivity index (χ0n) is 10.7. The number of rotatable bonds is 3. The molecule has 0 aliphatic carbocycles. The van der Waals surface area contributed by atoms with Gasteiger partial charge in [-0.3, -0.25) is 0 Å². The van der Waals surface area contributed by atoms with Crippen LogP contribution in [0.5, 0.6) is 0 Å². The lowest BCUT2D eigenvalue weighted by Gasteiger charge is -2.29. The van der Waals surface area contributed by atoms with Crippen LogP contribution in [0.2, 0.25) is 0 Å². The largest absolute Gasteiger partial charge is 0.380 e. The summed E-state index contributed by atoms with van der Waals surface area (Å²) >= 11 is 0. The summed E-state index contributed by atoms with van der Waals surface area (Å²) in [5.74, 6) is 0. The van der Waals surface area contributed by atoms with E-state index in [2.05, 4.69) is 54.7 Å². The third-order valence-electron chi connectivity index (χ3n) is 3.28. The Hall–Kier alpha value is -1.54. The number of nitrogens with one attached hydrogen (secondary N) is 1. The molecule has 0 aliphatic rings. The molecule has 0 saturated heterocycles. The van der Waals surface area contributed by atoms with E-state index < -0.39 is 0 Å². The van der Waals surface area contributed by atoms with Gasteiger partial charge in [-0.15, -0.1) is 0 Å². The predicted molar refractivity (Wildman–Crippen MR) is 75.3 cm³/mol. The normalized spacial score (nSPS) is 13.6. The lowest BCUT2D eigenvalue weighted by Crippen LogP contribution is -2.47. The SMILES string of the molecule is CC(Nc1cccc2ccccc12)C(C)(C)N. The minimum Gasteiger partial charge on any atom is -0.380 e. The molecule has 0 spiro atoms. The predicted octanol–water partition coefficient (Wildman–Crippen LogP) is 3.38. The maximum atomic E-state index is 6.11. The van der Waals surface area contributed by atoms with Gasteiger partial charge < -0.3 is 11.1 Å². The molecule has 2 rings (SSSR count). The van der Waals surface area contributed by atoms with Crippen molar-refractivity contribution in [3.05, 3.63) is 42.5 Å². The molecule has 3 N–H and O–H groups in total. The van der Waals surface area contributed by atoms with E-state index in [9.17, 15) is 0 Å². The van der Waals surface area contributed by atoms with Crippen molar-refractivity contribution in [3.8, 4) is 0 Å². The Kier molecular flexibility index (Phi) is 3.07. The molecule has 0 bridgehead atoms. The standard InChI is InChI=1S/C15H20N2/c1-11(15(2,3)16)17-14-10-6-8-12-7-4-5-9-13(12)14/h4-11,17H,16H2,1-3H3. The Balaban J connectivity index is 2.36. The second-order valence-corrected chi connectivity index (χ2v) is 5.21. The van der Waals surface area contributed by atoms with Gasteiger partial charge in [0.2, 0.25) is 0 Å². The van der Waals surface area contributed by atoms with Gasteiger partial charge in [0.15, 0.2) is 0 Å². The first-order valence-corrected chi connectivity index (χ1v) is 6.01. The fourth-order valence-electron chi connectivity index (χ4n) is 1.77. The highest BCUT2D eigenvalue weighted by Crippen LogP contribution is 2.24. The second kappa shape index (κ2) is 4.38. The minimum absolute atomic E-state index is 0.216. The van der Waals surface area contributed by atoms with E-state index >= 15 is 0 Å². The van der Waals surface area contributed by atoms with Crippen LogP contribution >= 0.6 is 0 Å². The first-order valence-electron chi connectivity index (χ1n) is 6.01. The first kappa shape index (κ1) is 11.9. The van der Waals surface area contributed by atoms with Crippen molar-refractivity contribution in [2.24, 2.45) is 5.73 Å². The summed E-state index contributed by atoms with van der Waals surface area (Å²) in [4.78, 5) is 0. The van der Waals surface area contributed by atoms with Crippen molar-refractivity contribution in [2.45, 2.75) is 32.4 Å². The smallest absolute Gasteiger partial charge is 0.0422 e. The van der Waals surface area contributed by atoms with Gasteiger partial charge in [-0.2, -0.15) is 0 Å². The van der Waals surface area contributed by atoms with Crippen molar-refractivity contribution in [2.75, 3.05) is 5.32 Å². The van der Waals surface area contributed by atoms with E-state index in [1.807, 2.05) is 13.8 Å². The Morgan fingerprint density at radius 1 is 1.06 bits per heavy atom. The number of anilines is 1. The quantitative estimate of drug-likeness (QED) is 0.845. The van der Waals surface area contributed by atoms with Crippen molar-refractivity contribution in [3.63, 3.8) is 0 Å². The first-order chi connectivity index (χ1) is 7.98. The summed E-state index contributed by atoms with van der Waals surface area (Å²) in [5.41, 5.74) is 7.02. The summed E-state index contributed by atoms with van der Waals surface area (Å²) < 4.78 is 0. The number of nitrogens with two attached hydrogens (primary N) is 1. The van der Waals surface area contributed by atoms with Crippen LogP contribution in [0.1, 0.15) is 20.8 Å². The molecule has 2 heteroatoms. The van der Waals surface area contributed by atoms with Crippen molar-refractivity contribution in [1.29, 1.82) is 0 Å². The van der Waals surface area contributed by atoms with Crippen LogP contribution in [0.3, 0.4) is 0 Å². The molecule has 0 heterocycles. The summed E-state index contributed by atoms with van der Waals surface area (Å²) in [6, 6.07) is 14.9. The molecule has 1 unspecified atom stereocenters. The van der Waals surface area contributed by atoms with Gasteiger partial charge in [-0.1, -0.05) is 36.4 Å². The molecule has 0 aliphatic heterocycles. The topological polar surface area (TPSA) is 38.0 Å². The highest BCUT2D eigenvalue weighted by atomic mass is 15.0. The number of hydrogen-bond acceptors (Lipinski definition) is 2. The number of fused-ring (bicyclic) bond motifs is 1. The molecule has 1 atom stereocenters. The number of benzene rings is 2. The maximum absolute atomic E-state index is 6.11. The molecule has 2 aromatic carbocycles. The number of hydrogen-bond donors (Lipinski definition) is 2. The fraction of sp³-hybridized carbons (Fsp3) is 0.333. The van der Waals surface area contributed by atoms with Gasteiger partial charge in [0.1, 0.15) is 0 Å². The molecular weight excluding hydrogens is 208 g/mol. The zero-order valence-corrected chi connectivity index (χ0v) is 10.7. The molecule has 2 aromatic rings. The van der Waals surface area contributed by atoms with E-state index in [0.29, 0.717) is 0 Å². The molecule has 2 nitrogen and oxygen atoms in total. The molecule has 90 valence electrons. The third kappa shape index (κ3) is 2.59. The van der Waals surface area contributed by atoms with Crippen molar-refractivity contribution >= 4 is 16.5 Å². The molecular formula is C15H20N2. The van der Waals surface area contributed by atoms with E-state index in [1.54, 1.807) is 0 Å². The van der Waals surface area contributed by atoms with Gasteiger partial charge in [-0.25, -0.2) is 0 Å². The highest BCUT2D eigenvalue weighted by Gasteiger charge is 2.20. The highest BCUT2D eigenvalue weighted by molar-refractivity contribution is 5.93. The van der Waals surface area contributed by atoms with Gasteiger partial charge in [0, 0.05) is 22.7 Å². The van der Waals surface area contributed by atoms with Crippen LogP contribution in [0.4, 0.5) is 5.69 Å². The molecule has 17 heavy (non-hydrogen) atoms. The van der Waals surface area contributed by atoms with Crippen LogP contribution in [0, 0.1) is 0 Å². The van der Waals surface area contributed by atoms with Crippen molar-refractivity contribution in [1.82, 2.24) is 0 Å². The molecule has 0 saturated carbocycles. The lowest BCUT2D eigenvalue weighted by molar-refractivity contribution is 0.456. The summed E-state index contributed by atoms with van der Waals surface area (Å²) in [6.07, 6.45) is 0. The average molecular weight is 228 g/mol. The second-order valence-electron chi connectivity index (χ2n) is 5.21. The monoisotopic (exact) mass is 228 g/mol. The van der Waals surface area contributed by atoms with Gasteiger partial charge in [0.25, 0.3) is 0 Å². The van der Waals surface area contributed by atoms with Crippen LogP contribution in [0.25, 0.3) is 10.8 Å². The van der Waals surface area contributed by atoms with E-state index in [-0.39, 0.29) is 11.6 Å². The van der Waals surface area contributed by atoms with Crippen LogP contribution in [-0.2, 0) is 0 Å². The van der Waals surface area contributed by atoms with Gasteiger partial charge >= 0.3 is 0 Å². The third-order valence-corrected chi connectivity index (χ3v) is 3.28. The van der Waals surface area contributed by atoms with Crippen molar-refractivity contribution < 1.29 is 0 Å². The lowest BCUT2D eigenvalue weighted by atomic mass is 9.97. The Bertz CT molecular complexity index is 506. The Labute approximate surface area is 103 Å². The van der Waals surface area contributed by atoms with Crippen LogP contribution in [-0.4, -0.2) is 11.6 Å². The molecule has 0 aromatic heterocycles. The molecule has 0 fully saturated rings. The minimum atomic E-state index is -0.239. The van der Waals surface area contributed by atoms with Crippen LogP contribution < -0.4 is 11.1 Å². The van der Waals surface area contributed by atoms with E-state index in [1.165, 1.54) is 10.8 Å². The van der Waals surface area contributed by atoms with Gasteiger partial charge in [-0.05, 0) is 32.2 Å². The Morgan fingerprint density at radius 3 is 2.41 bits per heavy atom. The van der Waals surface area contributed by atoms with Crippen LogP contribution in [0.15, 0.2) is 42.5 Å². The molecule has 0 radical (unpaired) electrons. The summed E-state index contributed by atoms with van der Waals surface area (Å²) in [5, 5.41) is 5.99. The summed E-state index contributed by atoms with van der Waals surface area (Å²) in [6.45, 7) is 6.19.